The Hall–Kier alpha value is -2.22. The molecule has 0 unspecified atom stereocenters. The van der Waals surface area contributed by atoms with Gasteiger partial charge in [0.15, 0.2) is 6.20 Å². The number of halogens is 1. The Morgan fingerprint density at radius 3 is 2.72 bits per heavy atom. The number of carbonyl (C=O) groups is 1. The van der Waals surface area contributed by atoms with Crippen molar-refractivity contribution in [2.75, 3.05) is 5.43 Å². The van der Waals surface area contributed by atoms with Gasteiger partial charge in [-0.2, -0.15) is 0 Å². The summed E-state index contributed by atoms with van der Waals surface area (Å²) in [5, 5.41) is 10.6. The molecule has 8 heteroatoms. The molecular formula is C10H7BrN4O3. The molecule has 0 saturated carbocycles. The highest BCUT2D eigenvalue weighted by Crippen LogP contribution is 2.19. The van der Waals surface area contributed by atoms with Gasteiger partial charge in [-0.15, -0.1) is 0 Å². The number of rotatable bonds is 3. The van der Waals surface area contributed by atoms with E-state index < -0.39 is 10.8 Å². The molecule has 0 radical (unpaired) electrons. The second-order valence-corrected chi connectivity index (χ2v) is 4.17. The average Bonchev–Trinajstić information content (AvgIpc) is 2.81. The monoisotopic (exact) mass is 310 g/mol. The number of hydrogen-bond donors (Lipinski definition) is 1. The first-order valence-corrected chi connectivity index (χ1v) is 5.61. The van der Waals surface area contributed by atoms with E-state index in [2.05, 4.69) is 26.3 Å². The van der Waals surface area contributed by atoms with Crippen LogP contribution >= 0.6 is 15.9 Å². The molecule has 0 aliphatic heterocycles. The summed E-state index contributed by atoms with van der Waals surface area (Å²) in [4.78, 5) is 25.4. The first-order chi connectivity index (χ1) is 8.58. The van der Waals surface area contributed by atoms with Gasteiger partial charge in [0.25, 0.3) is 5.91 Å². The third-order valence-electron chi connectivity index (χ3n) is 2.11. The van der Waals surface area contributed by atoms with E-state index in [0.717, 1.165) is 6.07 Å². The molecule has 0 aliphatic rings. The minimum Gasteiger partial charge on any atom is -0.358 e. The van der Waals surface area contributed by atoms with Crippen molar-refractivity contribution in [3.8, 4) is 0 Å². The number of carbonyl (C=O) groups excluding carboxylic acids is 1. The van der Waals surface area contributed by atoms with Gasteiger partial charge in [-0.1, -0.05) is 0 Å². The van der Waals surface area contributed by atoms with Gasteiger partial charge in [0.2, 0.25) is 0 Å². The second-order valence-electron chi connectivity index (χ2n) is 3.31. The molecule has 0 atom stereocenters. The van der Waals surface area contributed by atoms with Crippen LogP contribution < -0.4 is 5.43 Å². The molecule has 0 fully saturated rings. The van der Waals surface area contributed by atoms with Crippen molar-refractivity contribution in [3.63, 3.8) is 0 Å². The molecule has 0 saturated heterocycles. The maximum Gasteiger partial charge on any atom is 0.364 e. The van der Waals surface area contributed by atoms with E-state index in [1.165, 1.54) is 10.9 Å². The van der Waals surface area contributed by atoms with E-state index in [4.69, 9.17) is 0 Å². The van der Waals surface area contributed by atoms with Gasteiger partial charge in [-0.3, -0.25) is 14.9 Å². The molecule has 1 amide bonds. The van der Waals surface area contributed by atoms with E-state index in [1.54, 1.807) is 24.5 Å². The lowest BCUT2D eigenvalue weighted by atomic mass is 10.2. The quantitative estimate of drug-likeness (QED) is 0.693. The third-order valence-corrected chi connectivity index (χ3v) is 2.74. The maximum atomic E-state index is 11.9. The van der Waals surface area contributed by atoms with Gasteiger partial charge in [-0.25, -0.2) is 0 Å². The highest BCUT2D eigenvalue weighted by Gasteiger charge is 2.17. The van der Waals surface area contributed by atoms with E-state index >= 15 is 0 Å². The van der Waals surface area contributed by atoms with Gasteiger partial charge in [-0.05, 0) is 38.0 Å². The number of nitro groups is 1. The van der Waals surface area contributed by atoms with Gasteiger partial charge >= 0.3 is 5.82 Å². The van der Waals surface area contributed by atoms with Gasteiger partial charge in [0.1, 0.15) is 0 Å². The Balaban J connectivity index is 2.29. The molecule has 0 aliphatic carbocycles. The lowest BCUT2D eigenvalue weighted by molar-refractivity contribution is -0.389. The Morgan fingerprint density at radius 2 is 2.11 bits per heavy atom. The van der Waals surface area contributed by atoms with Gasteiger partial charge in [0, 0.05) is 18.5 Å². The molecule has 0 bridgehead atoms. The zero-order chi connectivity index (χ0) is 13.1. The minimum absolute atomic E-state index is 0.144. The number of pyridine rings is 1. The predicted octanol–water partition coefficient (Wildman–Crippen LogP) is 1.94. The summed E-state index contributed by atoms with van der Waals surface area (Å²) in [5.41, 5.74) is 2.69. The molecule has 7 nitrogen and oxygen atoms in total. The summed E-state index contributed by atoms with van der Waals surface area (Å²) in [6.45, 7) is 0. The highest BCUT2D eigenvalue weighted by atomic mass is 79.9. The smallest absolute Gasteiger partial charge is 0.358 e. The van der Waals surface area contributed by atoms with Crippen molar-refractivity contribution >= 4 is 27.7 Å². The molecule has 2 aromatic rings. The molecule has 0 spiro atoms. The van der Waals surface area contributed by atoms with Crippen molar-refractivity contribution in [3.05, 3.63) is 56.9 Å². The van der Waals surface area contributed by atoms with Crippen LogP contribution in [0.3, 0.4) is 0 Å². The summed E-state index contributed by atoms with van der Waals surface area (Å²) in [6.07, 6.45) is 4.51. The van der Waals surface area contributed by atoms with E-state index in [1.807, 2.05) is 0 Å². The number of nitrogens with zero attached hydrogens (tertiary/aromatic N) is 3. The van der Waals surface area contributed by atoms with Crippen LogP contribution in [0.15, 0.2) is 41.3 Å². The van der Waals surface area contributed by atoms with Gasteiger partial charge in [0.05, 0.1) is 10.0 Å². The van der Waals surface area contributed by atoms with Crippen LogP contribution in [0.25, 0.3) is 0 Å². The van der Waals surface area contributed by atoms with Crippen molar-refractivity contribution in [1.29, 1.82) is 0 Å². The van der Waals surface area contributed by atoms with Crippen LogP contribution in [0.2, 0.25) is 0 Å². The molecular weight excluding hydrogens is 304 g/mol. The number of nitrogens with one attached hydrogen (secondary N) is 1. The number of hydrogen-bond acceptors (Lipinski definition) is 4. The fourth-order valence-electron chi connectivity index (χ4n) is 1.29. The predicted molar refractivity (Wildman–Crippen MR) is 66.7 cm³/mol. The number of amides is 1. The summed E-state index contributed by atoms with van der Waals surface area (Å²) in [7, 11) is 0. The van der Waals surface area contributed by atoms with Crippen molar-refractivity contribution in [2.24, 2.45) is 0 Å². The van der Waals surface area contributed by atoms with Crippen molar-refractivity contribution in [1.82, 2.24) is 9.66 Å². The molecule has 1 N–H and O–H groups in total. The van der Waals surface area contributed by atoms with Crippen LogP contribution in [-0.4, -0.2) is 20.5 Å². The largest absolute Gasteiger partial charge is 0.364 e. The van der Waals surface area contributed by atoms with Crippen LogP contribution in [0.5, 0.6) is 0 Å². The Bertz CT molecular complexity index is 597. The van der Waals surface area contributed by atoms with Crippen molar-refractivity contribution < 1.29 is 9.72 Å². The zero-order valence-electron chi connectivity index (χ0n) is 8.91. The highest BCUT2D eigenvalue weighted by molar-refractivity contribution is 9.10. The van der Waals surface area contributed by atoms with Crippen LogP contribution in [0.1, 0.15) is 10.4 Å². The average molecular weight is 311 g/mol. The Labute approximate surface area is 110 Å². The summed E-state index contributed by atoms with van der Waals surface area (Å²) >= 11 is 3.13. The molecule has 2 heterocycles. The summed E-state index contributed by atoms with van der Waals surface area (Å²) in [5.74, 6) is -0.848. The molecule has 2 aromatic heterocycles. The van der Waals surface area contributed by atoms with E-state index in [0.29, 0.717) is 4.47 Å². The van der Waals surface area contributed by atoms with Gasteiger partial charge < -0.3 is 10.1 Å². The standard InChI is InChI=1S/C10H7BrN4O3/c11-8-6-12-9(15(17)18)5-7(8)10(16)13-14-3-1-2-4-14/h1-6H,(H,13,16). The number of aromatic nitrogens is 2. The SMILES string of the molecule is O=C(Nn1cccc1)c1cc([N+](=O)[O-])ncc1Br. The third kappa shape index (κ3) is 2.54. The molecule has 18 heavy (non-hydrogen) atoms. The van der Waals surface area contributed by atoms with E-state index in [9.17, 15) is 14.9 Å². The summed E-state index contributed by atoms with van der Waals surface area (Å²) < 4.78 is 1.83. The van der Waals surface area contributed by atoms with Crippen LogP contribution in [-0.2, 0) is 0 Å². The Morgan fingerprint density at radius 1 is 1.44 bits per heavy atom. The first-order valence-electron chi connectivity index (χ1n) is 4.82. The lowest BCUT2D eigenvalue weighted by Crippen LogP contribution is -2.22. The lowest BCUT2D eigenvalue weighted by Gasteiger charge is -2.06. The molecule has 92 valence electrons. The van der Waals surface area contributed by atoms with E-state index in [-0.39, 0.29) is 11.4 Å². The molecule has 2 rings (SSSR count). The fourth-order valence-corrected chi connectivity index (χ4v) is 1.68. The summed E-state index contributed by atoms with van der Waals surface area (Å²) in [6, 6.07) is 4.59. The van der Waals surface area contributed by atoms with Crippen LogP contribution in [0, 0.1) is 10.1 Å². The topological polar surface area (TPSA) is 90.1 Å². The minimum atomic E-state index is -0.654. The van der Waals surface area contributed by atoms with Crippen molar-refractivity contribution in [2.45, 2.75) is 0 Å². The molecule has 0 aromatic carbocycles. The fraction of sp³-hybridized carbons (Fsp3) is 0. The van der Waals surface area contributed by atoms with Crippen LogP contribution in [0.4, 0.5) is 5.82 Å². The Kier molecular flexibility index (Phi) is 3.38. The maximum absolute atomic E-state index is 11.9. The second kappa shape index (κ2) is 4.96. The zero-order valence-corrected chi connectivity index (χ0v) is 10.5. The first kappa shape index (κ1) is 12.2. The normalized spacial score (nSPS) is 10.1.